The van der Waals surface area contributed by atoms with E-state index in [-0.39, 0.29) is 17.9 Å². The average Bonchev–Trinajstić information content (AvgIpc) is 3.29. The second-order valence-corrected chi connectivity index (χ2v) is 6.90. The molecule has 1 aliphatic carbocycles. The standard InChI is InChI=1S/C17H23N5O3/c1-21-9-13(18-20-21)12-8-22(10-15(12)24-2)17(23)16-11-6-4-3-5-7-14(11)25-19-16/h9,12,15H,3-8,10H2,1-2H3/t12-,15+/m0/s1. The Morgan fingerprint density at radius 3 is 2.88 bits per heavy atom. The van der Waals surface area contributed by atoms with Gasteiger partial charge in [-0.05, 0) is 19.3 Å². The van der Waals surface area contributed by atoms with Crippen molar-refractivity contribution in [3.63, 3.8) is 0 Å². The number of rotatable bonds is 3. The highest BCUT2D eigenvalue weighted by atomic mass is 16.5. The second-order valence-electron chi connectivity index (χ2n) is 6.90. The molecule has 8 nitrogen and oxygen atoms in total. The first-order valence-electron chi connectivity index (χ1n) is 8.83. The molecule has 1 aliphatic heterocycles. The van der Waals surface area contributed by atoms with Gasteiger partial charge in [-0.15, -0.1) is 5.10 Å². The Morgan fingerprint density at radius 2 is 2.12 bits per heavy atom. The lowest BCUT2D eigenvalue weighted by Gasteiger charge is -2.14. The Labute approximate surface area is 146 Å². The summed E-state index contributed by atoms with van der Waals surface area (Å²) >= 11 is 0. The number of aromatic nitrogens is 4. The normalized spacial score (nSPS) is 23.5. The fraction of sp³-hybridized carbons (Fsp3) is 0.647. The Morgan fingerprint density at radius 1 is 1.28 bits per heavy atom. The van der Waals surface area contributed by atoms with Crippen LogP contribution in [0.15, 0.2) is 10.7 Å². The van der Waals surface area contributed by atoms with Gasteiger partial charge in [-0.25, -0.2) is 0 Å². The lowest BCUT2D eigenvalue weighted by Crippen LogP contribution is -2.30. The van der Waals surface area contributed by atoms with E-state index in [1.807, 2.05) is 13.2 Å². The van der Waals surface area contributed by atoms with Gasteiger partial charge in [0.15, 0.2) is 5.69 Å². The average molecular weight is 345 g/mol. The quantitative estimate of drug-likeness (QED) is 0.780. The number of nitrogens with zero attached hydrogens (tertiary/aromatic N) is 5. The third kappa shape index (κ3) is 2.95. The van der Waals surface area contributed by atoms with E-state index in [4.69, 9.17) is 9.26 Å². The topological polar surface area (TPSA) is 86.3 Å². The molecule has 0 bridgehead atoms. The molecule has 1 amide bonds. The zero-order chi connectivity index (χ0) is 17.4. The molecule has 2 aliphatic rings. The van der Waals surface area contributed by atoms with Crippen molar-refractivity contribution in [3.05, 3.63) is 28.9 Å². The van der Waals surface area contributed by atoms with Crippen molar-refractivity contribution in [2.45, 2.75) is 44.1 Å². The molecular weight excluding hydrogens is 322 g/mol. The first-order valence-corrected chi connectivity index (χ1v) is 8.83. The minimum Gasteiger partial charge on any atom is -0.379 e. The van der Waals surface area contributed by atoms with Crippen LogP contribution in [0.5, 0.6) is 0 Å². The number of ether oxygens (including phenoxy) is 1. The van der Waals surface area contributed by atoms with Crippen molar-refractivity contribution in [2.24, 2.45) is 7.05 Å². The van der Waals surface area contributed by atoms with Gasteiger partial charge >= 0.3 is 0 Å². The van der Waals surface area contributed by atoms with Gasteiger partial charge in [-0.1, -0.05) is 16.8 Å². The summed E-state index contributed by atoms with van der Waals surface area (Å²) < 4.78 is 12.7. The van der Waals surface area contributed by atoms with Gasteiger partial charge in [0, 0.05) is 45.4 Å². The van der Waals surface area contributed by atoms with E-state index in [0.29, 0.717) is 18.8 Å². The molecule has 134 valence electrons. The van der Waals surface area contributed by atoms with E-state index in [9.17, 15) is 4.79 Å². The number of amides is 1. The third-order valence-corrected chi connectivity index (χ3v) is 5.26. The maximum Gasteiger partial charge on any atom is 0.276 e. The van der Waals surface area contributed by atoms with Gasteiger partial charge in [0.1, 0.15) is 5.76 Å². The van der Waals surface area contributed by atoms with E-state index in [1.54, 1.807) is 16.7 Å². The number of likely N-dealkylation sites (tertiary alicyclic amines) is 1. The van der Waals surface area contributed by atoms with Crippen LogP contribution in [0.3, 0.4) is 0 Å². The highest BCUT2D eigenvalue weighted by Crippen LogP contribution is 2.31. The number of hydrogen-bond acceptors (Lipinski definition) is 6. The second kappa shape index (κ2) is 6.59. The van der Waals surface area contributed by atoms with Crippen molar-refractivity contribution >= 4 is 5.91 Å². The molecule has 0 aromatic carbocycles. The Hall–Kier alpha value is -2.22. The lowest BCUT2D eigenvalue weighted by molar-refractivity contribution is 0.0704. The van der Waals surface area contributed by atoms with Crippen LogP contribution in [-0.4, -0.2) is 57.3 Å². The van der Waals surface area contributed by atoms with Crippen molar-refractivity contribution in [2.75, 3.05) is 20.2 Å². The van der Waals surface area contributed by atoms with Gasteiger partial charge < -0.3 is 14.2 Å². The molecule has 1 saturated heterocycles. The van der Waals surface area contributed by atoms with Crippen LogP contribution < -0.4 is 0 Å². The lowest BCUT2D eigenvalue weighted by atomic mass is 10.0. The van der Waals surface area contributed by atoms with E-state index in [1.165, 1.54) is 6.42 Å². The Balaban J connectivity index is 1.56. The minimum absolute atomic E-state index is 0.0214. The number of carbonyl (C=O) groups is 1. The molecule has 0 spiro atoms. The summed E-state index contributed by atoms with van der Waals surface area (Å²) in [6, 6.07) is 0. The Kier molecular flexibility index (Phi) is 4.29. The molecule has 0 saturated carbocycles. The van der Waals surface area contributed by atoms with Crippen LogP contribution >= 0.6 is 0 Å². The summed E-state index contributed by atoms with van der Waals surface area (Å²) in [5.41, 5.74) is 2.33. The number of fused-ring (bicyclic) bond motifs is 1. The number of aryl methyl sites for hydroxylation is 2. The molecule has 2 atom stereocenters. The number of carbonyl (C=O) groups excluding carboxylic acids is 1. The van der Waals surface area contributed by atoms with Crippen LogP contribution in [0.1, 0.15) is 52.7 Å². The first-order chi connectivity index (χ1) is 12.2. The molecule has 2 aromatic heterocycles. The molecule has 3 heterocycles. The predicted molar refractivity (Wildman–Crippen MR) is 88.2 cm³/mol. The summed E-state index contributed by atoms with van der Waals surface area (Å²) in [5.74, 6) is 0.835. The van der Waals surface area contributed by atoms with Crippen LogP contribution in [0.2, 0.25) is 0 Å². The molecule has 4 rings (SSSR count). The molecule has 8 heteroatoms. The molecule has 0 radical (unpaired) electrons. The highest BCUT2D eigenvalue weighted by molar-refractivity contribution is 5.94. The van der Waals surface area contributed by atoms with Gasteiger partial charge in [0.05, 0.1) is 17.7 Å². The van der Waals surface area contributed by atoms with Crippen LogP contribution in [-0.2, 0) is 24.6 Å². The highest BCUT2D eigenvalue weighted by Gasteiger charge is 2.39. The fourth-order valence-corrected chi connectivity index (χ4v) is 3.88. The summed E-state index contributed by atoms with van der Waals surface area (Å²) in [5, 5.41) is 12.3. The number of methoxy groups -OCH3 is 1. The molecular formula is C17H23N5O3. The molecule has 0 N–H and O–H groups in total. The van der Waals surface area contributed by atoms with E-state index in [0.717, 1.165) is 42.7 Å². The van der Waals surface area contributed by atoms with Gasteiger partial charge in [-0.2, -0.15) is 0 Å². The first kappa shape index (κ1) is 16.3. The van der Waals surface area contributed by atoms with E-state index in [2.05, 4.69) is 15.5 Å². The predicted octanol–water partition coefficient (Wildman–Crippen LogP) is 1.33. The third-order valence-electron chi connectivity index (χ3n) is 5.26. The monoisotopic (exact) mass is 345 g/mol. The molecule has 25 heavy (non-hydrogen) atoms. The summed E-state index contributed by atoms with van der Waals surface area (Å²) in [4.78, 5) is 14.8. The zero-order valence-electron chi connectivity index (χ0n) is 14.6. The van der Waals surface area contributed by atoms with Gasteiger partial charge in [-0.3, -0.25) is 9.48 Å². The smallest absolute Gasteiger partial charge is 0.276 e. The SMILES string of the molecule is CO[C@@H]1CN(C(=O)c2noc3c2CCCCC3)C[C@H]1c1cn(C)nn1. The summed E-state index contributed by atoms with van der Waals surface area (Å²) in [6.45, 7) is 1.08. The van der Waals surface area contributed by atoms with Crippen molar-refractivity contribution in [1.29, 1.82) is 0 Å². The van der Waals surface area contributed by atoms with Crippen molar-refractivity contribution in [1.82, 2.24) is 25.1 Å². The van der Waals surface area contributed by atoms with E-state index < -0.39 is 0 Å². The van der Waals surface area contributed by atoms with Crippen LogP contribution in [0.4, 0.5) is 0 Å². The van der Waals surface area contributed by atoms with Crippen LogP contribution in [0, 0.1) is 0 Å². The van der Waals surface area contributed by atoms with Gasteiger partial charge in [0.25, 0.3) is 5.91 Å². The summed E-state index contributed by atoms with van der Waals surface area (Å²) in [6.07, 6.45) is 6.88. The Bertz CT molecular complexity index is 768. The largest absolute Gasteiger partial charge is 0.379 e. The molecule has 2 aromatic rings. The molecule has 0 unspecified atom stereocenters. The maximum absolute atomic E-state index is 13.0. The van der Waals surface area contributed by atoms with Crippen LogP contribution in [0.25, 0.3) is 0 Å². The zero-order valence-corrected chi connectivity index (χ0v) is 14.6. The van der Waals surface area contributed by atoms with Crippen molar-refractivity contribution in [3.8, 4) is 0 Å². The van der Waals surface area contributed by atoms with Gasteiger partial charge in [0.2, 0.25) is 0 Å². The number of hydrogen-bond donors (Lipinski definition) is 0. The fourth-order valence-electron chi connectivity index (χ4n) is 3.88. The summed E-state index contributed by atoms with van der Waals surface area (Å²) in [7, 11) is 3.50. The molecule has 1 fully saturated rings. The maximum atomic E-state index is 13.0. The minimum atomic E-state index is -0.0915. The van der Waals surface area contributed by atoms with E-state index >= 15 is 0 Å². The van der Waals surface area contributed by atoms with Crippen molar-refractivity contribution < 1.29 is 14.1 Å².